The molecule has 234 valence electrons. The minimum atomic E-state index is -0.181. The van der Waals surface area contributed by atoms with Crippen molar-refractivity contribution >= 4 is 38.1 Å². The molecule has 0 aliphatic heterocycles. The molecule has 1 heteroatoms. The third-order valence-corrected chi connectivity index (χ3v) is 11.1. The number of carbonyl (C=O) groups excluding carboxylic acids is 1. The fraction of sp³-hybridized carbons (Fsp3) is 0.104. The number of rotatable bonds is 5. The van der Waals surface area contributed by atoms with Crippen LogP contribution in [0.3, 0.4) is 0 Å². The lowest BCUT2D eigenvalue weighted by Gasteiger charge is -2.39. The summed E-state index contributed by atoms with van der Waals surface area (Å²) in [4.78, 5) is 13.7. The predicted molar refractivity (Wildman–Crippen MR) is 207 cm³/mol. The normalized spacial score (nSPS) is 13.5. The largest absolute Gasteiger partial charge is 0.289 e. The van der Waals surface area contributed by atoms with E-state index in [1.807, 2.05) is 12.1 Å². The van der Waals surface area contributed by atoms with Gasteiger partial charge >= 0.3 is 0 Å². The molecule has 0 atom stereocenters. The highest BCUT2D eigenvalue weighted by atomic mass is 16.1. The van der Waals surface area contributed by atoms with Crippen molar-refractivity contribution in [3.63, 3.8) is 0 Å². The number of carbonyl (C=O) groups is 1. The lowest BCUT2D eigenvalue weighted by Crippen LogP contribution is -2.34. The van der Waals surface area contributed by atoms with Crippen molar-refractivity contribution in [2.24, 2.45) is 0 Å². The molecule has 1 nitrogen and oxygen atoms in total. The SMILES string of the molecule is CCC1(CC)c2ccccc2C(=O)c2ccc(-c3cccc(-c4cccc(-c5ccc6c7ccccc7c7ccccc7c6c5)c4)c3)cc21. The van der Waals surface area contributed by atoms with Gasteiger partial charge in [-0.3, -0.25) is 4.79 Å². The zero-order valence-corrected chi connectivity index (χ0v) is 27.8. The van der Waals surface area contributed by atoms with Crippen LogP contribution < -0.4 is 0 Å². The van der Waals surface area contributed by atoms with Gasteiger partial charge in [-0.1, -0.05) is 147 Å². The van der Waals surface area contributed by atoms with E-state index in [9.17, 15) is 4.79 Å². The second-order valence-electron chi connectivity index (χ2n) is 13.4. The first-order chi connectivity index (χ1) is 24.1. The van der Waals surface area contributed by atoms with Crippen LogP contribution in [0.1, 0.15) is 53.7 Å². The fourth-order valence-electron chi connectivity index (χ4n) is 8.56. The molecule has 0 saturated heterocycles. The van der Waals surface area contributed by atoms with Crippen LogP contribution in [0.5, 0.6) is 0 Å². The molecule has 9 rings (SSSR count). The maximum atomic E-state index is 13.7. The van der Waals surface area contributed by atoms with E-state index in [1.165, 1.54) is 54.6 Å². The first kappa shape index (κ1) is 29.4. The molecule has 0 heterocycles. The topological polar surface area (TPSA) is 17.1 Å². The first-order valence-electron chi connectivity index (χ1n) is 17.4. The van der Waals surface area contributed by atoms with E-state index in [4.69, 9.17) is 0 Å². The van der Waals surface area contributed by atoms with Gasteiger partial charge in [0.05, 0.1) is 0 Å². The minimum Gasteiger partial charge on any atom is -0.289 e. The van der Waals surface area contributed by atoms with Gasteiger partial charge in [0.25, 0.3) is 0 Å². The van der Waals surface area contributed by atoms with Gasteiger partial charge in [-0.15, -0.1) is 0 Å². The van der Waals surface area contributed by atoms with E-state index in [2.05, 4.69) is 159 Å². The Hall–Kier alpha value is -5.79. The Labute approximate surface area is 287 Å². The monoisotopic (exact) mass is 628 g/mol. The lowest BCUT2D eigenvalue weighted by atomic mass is 9.63. The van der Waals surface area contributed by atoms with Crippen molar-refractivity contribution in [2.75, 3.05) is 0 Å². The zero-order valence-electron chi connectivity index (χ0n) is 27.8. The molecule has 0 N–H and O–H groups in total. The van der Waals surface area contributed by atoms with Crippen molar-refractivity contribution < 1.29 is 4.79 Å². The number of ketones is 1. The summed E-state index contributed by atoms with van der Waals surface area (Å²) in [5.41, 5.74) is 10.9. The molecule has 0 unspecified atom stereocenters. The molecular weight excluding hydrogens is 593 g/mol. The Morgan fingerprint density at radius 3 is 1.37 bits per heavy atom. The summed E-state index contributed by atoms with van der Waals surface area (Å²) in [6.45, 7) is 4.50. The average molecular weight is 629 g/mol. The molecule has 0 saturated carbocycles. The van der Waals surface area contributed by atoms with Crippen LogP contribution in [0.25, 0.3) is 65.7 Å². The van der Waals surface area contributed by atoms with E-state index in [1.54, 1.807) is 0 Å². The van der Waals surface area contributed by atoms with Gasteiger partial charge in [0.1, 0.15) is 0 Å². The number of hydrogen-bond acceptors (Lipinski definition) is 1. The van der Waals surface area contributed by atoms with Gasteiger partial charge in [0.2, 0.25) is 0 Å². The summed E-state index contributed by atoms with van der Waals surface area (Å²) >= 11 is 0. The summed E-state index contributed by atoms with van der Waals surface area (Å²) in [7, 11) is 0. The highest BCUT2D eigenvalue weighted by Gasteiger charge is 2.41. The van der Waals surface area contributed by atoms with Crippen LogP contribution in [-0.2, 0) is 5.41 Å². The van der Waals surface area contributed by atoms with E-state index in [0.29, 0.717) is 0 Å². The Balaban J connectivity index is 1.12. The van der Waals surface area contributed by atoms with Crippen LogP contribution >= 0.6 is 0 Å². The Kier molecular flexibility index (Phi) is 6.84. The van der Waals surface area contributed by atoms with Gasteiger partial charge in [0, 0.05) is 16.5 Å². The third-order valence-electron chi connectivity index (χ3n) is 11.1. The Morgan fingerprint density at radius 2 is 0.796 bits per heavy atom. The van der Waals surface area contributed by atoms with Crippen LogP contribution in [0, 0.1) is 0 Å². The second kappa shape index (κ2) is 11.4. The van der Waals surface area contributed by atoms with E-state index < -0.39 is 0 Å². The number of fused-ring (bicyclic) bond motifs is 8. The van der Waals surface area contributed by atoms with Crippen molar-refractivity contribution in [2.45, 2.75) is 32.1 Å². The predicted octanol–water partition coefficient (Wildman–Crippen LogP) is 12.8. The maximum absolute atomic E-state index is 13.7. The fourth-order valence-corrected chi connectivity index (χ4v) is 8.56. The smallest absolute Gasteiger partial charge is 0.193 e. The van der Waals surface area contributed by atoms with Gasteiger partial charge in [-0.05, 0) is 114 Å². The molecule has 49 heavy (non-hydrogen) atoms. The Morgan fingerprint density at radius 1 is 0.367 bits per heavy atom. The van der Waals surface area contributed by atoms with Gasteiger partial charge in [-0.25, -0.2) is 0 Å². The Bertz CT molecular complexity index is 2570. The van der Waals surface area contributed by atoms with Gasteiger partial charge in [-0.2, -0.15) is 0 Å². The van der Waals surface area contributed by atoms with E-state index >= 15 is 0 Å². The molecule has 1 aliphatic rings. The van der Waals surface area contributed by atoms with Crippen LogP contribution in [0.15, 0.2) is 158 Å². The molecule has 0 bridgehead atoms. The molecule has 0 fully saturated rings. The van der Waals surface area contributed by atoms with Crippen LogP contribution in [-0.4, -0.2) is 5.78 Å². The highest BCUT2D eigenvalue weighted by molar-refractivity contribution is 6.25. The summed E-state index contributed by atoms with van der Waals surface area (Å²) in [5.74, 6) is 0.134. The second-order valence-corrected chi connectivity index (χ2v) is 13.4. The van der Waals surface area contributed by atoms with Crippen LogP contribution in [0.2, 0.25) is 0 Å². The summed E-state index contributed by atoms with van der Waals surface area (Å²) < 4.78 is 0. The average Bonchev–Trinajstić information content (AvgIpc) is 3.18. The standard InChI is InChI=1S/C48H36O/c1-3-48(4-2)45-22-10-9-21-42(45)47(49)43-26-24-36(30-46(43)48)34-16-12-14-32(28-34)31-13-11-15-33(27-31)35-23-25-41-39-19-6-5-17-37(39)38-18-7-8-20-40(38)44(41)29-35/h5-30H,3-4H2,1-2H3. The molecule has 8 aromatic rings. The van der Waals surface area contributed by atoms with Gasteiger partial charge in [0.15, 0.2) is 5.78 Å². The molecule has 0 spiro atoms. The molecule has 1 aliphatic carbocycles. The molecule has 8 aromatic carbocycles. The summed E-state index contributed by atoms with van der Waals surface area (Å²) in [6.07, 6.45) is 1.88. The third kappa shape index (κ3) is 4.50. The molecular formula is C48H36O. The minimum absolute atomic E-state index is 0.134. The van der Waals surface area contributed by atoms with Crippen LogP contribution in [0.4, 0.5) is 0 Å². The van der Waals surface area contributed by atoms with Crippen molar-refractivity contribution in [3.05, 3.63) is 180 Å². The number of benzene rings is 8. The number of hydrogen-bond donors (Lipinski definition) is 0. The van der Waals surface area contributed by atoms with Crippen molar-refractivity contribution in [1.29, 1.82) is 0 Å². The van der Waals surface area contributed by atoms with Crippen molar-refractivity contribution in [3.8, 4) is 33.4 Å². The van der Waals surface area contributed by atoms with Gasteiger partial charge < -0.3 is 0 Å². The van der Waals surface area contributed by atoms with E-state index in [0.717, 1.165) is 46.2 Å². The summed E-state index contributed by atoms with van der Waals surface area (Å²) in [6, 6.07) is 56.8. The highest BCUT2D eigenvalue weighted by Crippen LogP contribution is 2.47. The first-order valence-corrected chi connectivity index (χ1v) is 17.4. The van der Waals surface area contributed by atoms with E-state index in [-0.39, 0.29) is 11.2 Å². The lowest BCUT2D eigenvalue weighted by molar-refractivity contribution is 0.102. The van der Waals surface area contributed by atoms with Crippen molar-refractivity contribution in [1.82, 2.24) is 0 Å². The quantitative estimate of drug-likeness (QED) is 0.173. The zero-order chi connectivity index (χ0) is 33.1. The summed E-state index contributed by atoms with van der Waals surface area (Å²) in [5, 5.41) is 7.73. The molecule has 0 aromatic heterocycles. The molecule has 0 radical (unpaired) electrons. The molecule has 0 amide bonds. The maximum Gasteiger partial charge on any atom is 0.193 e.